The first-order valence-corrected chi connectivity index (χ1v) is 15.0. The molecule has 0 spiro atoms. The highest BCUT2D eigenvalue weighted by molar-refractivity contribution is 5.98. The van der Waals surface area contributed by atoms with Crippen LogP contribution in [0.4, 0.5) is 4.79 Å². The van der Waals surface area contributed by atoms with Crippen molar-refractivity contribution in [2.24, 2.45) is 17.6 Å². The lowest BCUT2D eigenvalue weighted by Gasteiger charge is -2.27. The van der Waals surface area contributed by atoms with Crippen LogP contribution < -0.4 is 21.7 Å². The quantitative estimate of drug-likeness (QED) is 0.144. The van der Waals surface area contributed by atoms with Crippen molar-refractivity contribution >= 4 is 35.6 Å². The predicted molar refractivity (Wildman–Crippen MR) is 166 cm³/mol. The molecule has 0 unspecified atom stereocenters. The smallest absolute Gasteiger partial charge is 0.408 e. The fourth-order valence-electron chi connectivity index (χ4n) is 4.31. The number of amides is 4. The van der Waals surface area contributed by atoms with Gasteiger partial charge in [0.2, 0.25) is 17.7 Å². The topological polar surface area (TPSA) is 183 Å². The average molecular weight is 625 g/mol. The zero-order valence-electron chi connectivity index (χ0n) is 26.2. The second kappa shape index (κ2) is 18.8. The maximum atomic E-state index is 13.4. The van der Waals surface area contributed by atoms with E-state index in [4.69, 9.17) is 15.2 Å². The molecule has 2 aromatic carbocycles. The monoisotopic (exact) mass is 624 g/mol. The Balaban J connectivity index is 2.13. The summed E-state index contributed by atoms with van der Waals surface area (Å²) >= 11 is 0. The molecule has 0 aromatic heterocycles. The maximum absolute atomic E-state index is 13.4. The molecular formula is C33H44N4O8. The van der Waals surface area contributed by atoms with Gasteiger partial charge in [-0.3, -0.25) is 19.2 Å². The van der Waals surface area contributed by atoms with Crippen molar-refractivity contribution in [2.75, 3.05) is 6.61 Å². The highest BCUT2D eigenvalue weighted by Gasteiger charge is 2.33. The number of ketones is 1. The molecule has 0 heterocycles. The molecule has 4 amide bonds. The number of rotatable bonds is 18. The van der Waals surface area contributed by atoms with Gasteiger partial charge in [0.25, 0.3) is 0 Å². The number of hydrogen-bond acceptors (Lipinski definition) is 8. The standard InChI is InChI=1S/C33H44N4O8/c1-5-22(4)29(37-33(43)45-19-23-12-8-6-9-13-23)31(41)35-25(16-17-28(34)39)30(40)36-26(18-21(2)3)32(42)44-20-27(38)24-14-10-7-11-15-24/h6-15,21-22,25-26,29H,5,16-20H2,1-4H3,(H2,34,39)(H,35,41)(H,36,40)(H,37,43)/t22-,25-,26-,29-/m1/s1. The minimum Gasteiger partial charge on any atom is -0.456 e. The Kier molecular flexibility index (Phi) is 15.2. The Morgan fingerprint density at radius 1 is 0.778 bits per heavy atom. The van der Waals surface area contributed by atoms with Gasteiger partial charge >= 0.3 is 12.1 Å². The lowest BCUT2D eigenvalue weighted by Crippen LogP contribution is -2.57. The van der Waals surface area contributed by atoms with Crippen molar-refractivity contribution in [1.82, 2.24) is 16.0 Å². The summed E-state index contributed by atoms with van der Waals surface area (Å²) < 4.78 is 10.5. The van der Waals surface area contributed by atoms with E-state index in [2.05, 4.69) is 16.0 Å². The molecule has 0 aliphatic carbocycles. The Morgan fingerprint density at radius 3 is 1.96 bits per heavy atom. The summed E-state index contributed by atoms with van der Waals surface area (Å²) in [5.74, 6) is -3.75. The van der Waals surface area contributed by atoms with Crippen LogP contribution in [0.5, 0.6) is 0 Å². The number of carbonyl (C=O) groups excluding carboxylic acids is 6. The highest BCUT2D eigenvalue weighted by atomic mass is 16.5. The van der Waals surface area contributed by atoms with E-state index in [1.807, 2.05) is 26.8 Å². The zero-order chi connectivity index (χ0) is 33.4. The maximum Gasteiger partial charge on any atom is 0.408 e. The van der Waals surface area contributed by atoms with Crippen molar-refractivity contribution in [3.8, 4) is 0 Å². The molecule has 12 nitrogen and oxygen atoms in total. The molecular weight excluding hydrogens is 580 g/mol. The van der Waals surface area contributed by atoms with Crippen LogP contribution in [0.15, 0.2) is 60.7 Å². The molecule has 5 N–H and O–H groups in total. The van der Waals surface area contributed by atoms with E-state index < -0.39 is 60.3 Å². The molecule has 0 aliphatic rings. The number of nitrogens with two attached hydrogens (primary N) is 1. The molecule has 0 saturated heterocycles. The van der Waals surface area contributed by atoms with Crippen LogP contribution in [0.2, 0.25) is 0 Å². The van der Waals surface area contributed by atoms with Crippen LogP contribution in [0.25, 0.3) is 0 Å². The predicted octanol–water partition coefficient (Wildman–Crippen LogP) is 3.03. The van der Waals surface area contributed by atoms with Gasteiger partial charge in [0.1, 0.15) is 24.7 Å². The molecule has 4 atom stereocenters. The van der Waals surface area contributed by atoms with Gasteiger partial charge in [-0.1, -0.05) is 94.8 Å². The summed E-state index contributed by atoms with van der Waals surface area (Å²) in [6, 6.07) is 13.9. The minimum atomic E-state index is -1.27. The molecule has 2 rings (SSSR count). The number of ether oxygens (including phenoxy) is 2. The Morgan fingerprint density at radius 2 is 1.38 bits per heavy atom. The molecule has 0 saturated carbocycles. The number of alkyl carbamates (subject to hydrolysis) is 1. The fraction of sp³-hybridized carbons (Fsp3) is 0.455. The number of esters is 1. The molecule has 0 radical (unpaired) electrons. The lowest BCUT2D eigenvalue weighted by molar-refractivity contribution is -0.147. The van der Waals surface area contributed by atoms with Gasteiger partial charge in [-0.15, -0.1) is 0 Å². The van der Waals surface area contributed by atoms with Gasteiger partial charge in [-0.05, 0) is 30.2 Å². The van der Waals surface area contributed by atoms with Crippen LogP contribution in [0, 0.1) is 11.8 Å². The Bertz CT molecular complexity index is 1290. The molecule has 244 valence electrons. The Labute approximate surface area is 263 Å². The van der Waals surface area contributed by atoms with E-state index >= 15 is 0 Å². The summed E-state index contributed by atoms with van der Waals surface area (Å²) in [4.78, 5) is 76.4. The second-order valence-corrected chi connectivity index (χ2v) is 11.2. The van der Waals surface area contributed by atoms with Gasteiger partial charge in [0, 0.05) is 12.0 Å². The third kappa shape index (κ3) is 13.2. The number of carbonyl (C=O) groups is 6. The van der Waals surface area contributed by atoms with Crippen molar-refractivity contribution in [2.45, 2.75) is 78.1 Å². The van der Waals surface area contributed by atoms with E-state index in [1.54, 1.807) is 61.5 Å². The van der Waals surface area contributed by atoms with Gasteiger partial charge in [0.05, 0.1) is 0 Å². The van der Waals surface area contributed by atoms with E-state index in [0.717, 1.165) is 5.56 Å². The number of hydrogen-bond donors (Lipinski definition) is 4. The molecule has 12 heteroatoms. The summed E-state index contributed by atoms with van der Waals surface area (Å²) in [5, 5.41) is 7.77. The Hall–Kier alpha value is -4.74. The summed E-state index contributed by atoms with van der Waals surface area (Å²) in [6.07, 6.45) is -0.509. The summed E-state index contributed by atoms with van der Waals surface area (Å²) in [6.45, 7) is 6.75. The van der Waals surface area contributed by atoms with Crippen molar-refractivity contribution < 1.29 is 38.2 Å². The zero-order valence-corrected chi connectivity index (χ0v) is 26.2. The molecule has 2 aromatic rings. The third-order valence-corrected chi connectivity index (χ3v) is 7.04. The third-order valence-electron chi connectivity index (χ3n) is 7.04. The fourth-order valence-corrected chi connectivity index (χ4v) is 4.31. The van der Waals surface area contributed by atoms with Crippen molar-refractivity contribution in [1.29, 1.82) is 0 Å². The van der Waals surface area contributed by atoms with E-state index in [9.17, 15) is 28.8 Å². The first kappa shape index (κ1) is 36.5. The highest BCUT2D eigenvalue weighted by Crippen LogP contribution is 2.12. The first-order chi connectivity index (χ1) is 21.4. The summed E-state index contributed by atoms with van der Waals surface area (Å²) in [7, 11) is 0. The van der Waals surface area contributed by atoms with Gasteiger partial charge in [0.15, 0.2) is 12.4 Å². The molecule has 0 fully saturated rings. The second-order valence-electron chi connectivity index (χ2n) is 11.2. The van der Waals surface area contributed by atoms with Gasteiger partial charge in [-0.2, -0.15) is 0 Å². The van der Waals surface area contributed by atoms with Crippen LogP contribution in [-0.2, 0) is 35.3 Å². The number of nitrogens with one attached hydrogen (secondary N) is 3. The number of Topliss-reactive ketones (excluding diaryl/α,β-unsaturated/α-hetero) is 1. The minimum absolute atomic E-state index is 0.00452. The number of primary amides is 1. The van der Waals surface area contributed by atoms with Crippen molar-refractivity contribution in [3.05, 3.63) is 71.8 Å². The molecule has 45 heavy (non-hydrogen) atoms. The normalized spacial score (nSPS) is 13.4. The van der Waals surface area contributed by atoms with Crippen LogP contribution in [-0.4, -0.2) is 60.3 Å². The first-order valence-electron chi connectivity index (χ1n) is 15.0. The van der Waals surface area contributed by atoms with E-state index in [0.29, 0.717) is 12.0 Å². The van der Waals surface area contributed by atoms with Crippen molar-refractivity contribution in [3.63, 3.8) is 0 Å². The summed E-state index contributed by atoms with van der Waals surface area (Å²) in [5.41, 5.74) is 6.45. The van der Waals surface area contributed by atoms with Crippen LogP contribution in [0.1, 0.15) is 69.3 Å². The average Bonchev–Trinajstić information content (AvgIpc) is 3.02. The van der Waals surface area contributed by atoms with Crippen LogP contribution in [0.3, 0.4) is 0 Å². The van der Waals surface area contributed by atoms with E-state index in [-0.39, 0.29) is 37.7 Å². The van der Waals surface area contributed by atoms with Crippen LogP contribution >= 0.6 is 0 Å². The lowest BCUT2D eigenvalue weighted by atomic mass is 9.97. The molecule has 0 aliphatic heterocycles. The largest absolute Gasteiger partial charge is 0.456 e. The van der Waals surface area contributed by atoms with Gasteiger partial charge in [-0.25, -0.2) is 9.59 Å². The number of benzene rings is 2. The SMILES string of the molecule is CC[C@@H](C)[C@@H](NC(=O)OCc1ccccc1)C(=O)N[C@H](CCC(N)=O)C(=O)N[C@H](CC(C)C)C(=O)OCC(=O)c1ccccc1. The molecule has 0 bridgehead atoms. The van der Waals surface area contributed by atoms with Gasteiger partial charge < -0.3 is 31.2 Å². The van der Waals surface area contributed by atoms with E-state index in [1.165, 1.54) is 0 Å².